The van der Waals surface area contributed by atoms with Gasteiger partial charge in [-0.2, -0.15) is 0 Å². The van der Waals surface area contributed by atoms with Gasteiger partial charge in [0.25, 0.3) is 0 Å². The molecule has 2 amide bonds. The molecular weight excluding hydrogens is 351 g/mol. The van der Waals surface area contributed by atoms with E-state index in [1.807, 2.05) is 0 Å². The van der Waals surface area contributed by atoms with E-state index in [1.165, 1.54) is 34.1 Å². The Kier molecular flexibility index (Phi) is 4.33. The molecule has 0 bridgehead atoms. The van der Waals surface area contributed by atoms with Gasteiger partial charge in [-0.1, -0.05) is 12.1 Å². The Labute approximate surface area is 153 Å². The number of carbonyl (C=O) groups is 2. The van der Waals surface area contributed by atoms with Crippen molar-refractivity contribution in [1.82, 2.24) is 20.2 Å². The number of rotatable bonds is 4. The molecule has 8 nitrogen and oxygen atoms in total. The summed E-state index contributed by atoms with van der Waals surface area (Å²) in [6.45, 7) is 0.209. The van der Waals surface area contributed by atoms with Crippen molar-refractivity contribution >= 4 is 23.2 Å². The molecule has 0 saturated carbocycles. The molecular formula is C18H15FN6O2. The molecule has 0 aliphatic carbocycles. The third-order valence-corrected chi connectivity index (χ3v) is 4.34. The van der Waals surface area contributed by atoms with Gasteiger partial charge in [0.1, 0.15) is 12.1 Å². The maximum absolute atomic E-state index is 13.4. The zero-order chi connectivity index (χ0) is 18.8. The van der Waals surface area contributed by atoms with Gasteiger partial charge >= 0.3 is 0 Å². The van der Waals surface area contributed by atoms with Gasteiger partial charge in [-0.25, -0.2) is 9.07 Å². The lowest BCUT2D eigenvalue weighted by Crippen LogP contribution is -2.28. The third kappa shape index (κ3) is 3.52. The first-order valence-corrected chi connectivity index (χ1v) is 8.30. The van der Waals surface area contributed by atoms with Crippen LogP contribution in [0.3, 0.4) is 0 Å². The maximum atomic E-state index is 13.4. The molecule has 1 aliphatic rings. The predicted octanol–water partition coefficient (Wildman–Crippen LogP) is 1.79. The molecule has 0 radical (unpaired) electrons. The van der Waals surface area contributed by atoms with Crippen LogP contribution >= 0.6 is 0 Å². The zero-order valence-corrected chi connectivity index (χ0v) is 14.1. The monoisotopic (exact) mass is 366 g/mol. The van der Waals surface area contributed by atoms with E-state index in [2.05, 4.69) is 20.8 Å². The fraction of sp³-hybridized carbons (Fsp3) is 0.167. The van der Waals surface area contributed by atoms with Crippen molar-refractivity contribution in [2.24, 2.45) is 5.92 Å². The van der Waals surface area contributed by atoms with Gasteiger partial charge in [-0.15, -0.1) is 5.10 Å². The van der Waals surface area contributed by atoms with Gasteiger partial charge in [-0.3, -0.25) is 9.59 Å². The number of hydrogen-bond donors (Lipinski definition) is 1. The van der Waals surface area contributed by atoms with Crippen LogP contribution < -0.4 is 10.2 Å². The van der Waals surface area contributed by atoms with E-state index in [0.717, 1.165) is 0 Å². The number of benzene rings is 2. The quantitative estimate of drug-likeness (QED) is 0.760. The van der Waals surface area contributed by atoms with Gasteiger partial charge in [0.15, 0.2) is 0 Å². The van der Waals surface area contributed by atoms with E-state index < -0.39 is 11.7 Å². The Morgan fingerprint density at radius 2 is 1.96 bits per heavy atom. The Morgan fingerprint density at radius 3 is 2.74 bits per heavy atom. The Balaban J connectivity index is 1.46. The number of tetrazole rings is 1. The molecule has 2 aromatic carbocycles. The molecule has 1 aromatic heterocycles. The fourth-order valence-corrected chi connectivity index (χ4v) is 3.03. The minimum atomic E-state index is -0.516. The molecule has 27 heavy (non-hydrogen) atoms. The smallest absolute Gasteiger partial charge is 0.229 e. The average Bonchev–Trinajstić information content (AvgIpc) is 3.32. The van der Waals surface area contributed by atoms with Gasteiger partial charge in [0, 0.05) is 24.3 Å². The van der Waals surface area contributed by atoms with Crippen molar-refractivity contribution in [3.8, 4) is 5.69 Å². The van der Waals surface area contributed by atoms with E-state index in [9.17, 15) is 14.0 Å². The number of hydrogen-bond acceptors (Lipinski definition) is 5. The van der Waals surface area contributed by atoms with Crippen LogP contribution in [0.5, 0.6) is 0 Å². The Morgan fingerprint density at radius 1 is 1.15 bits per heavy atom. The number of amides is 2. The Hall–Kier alpha value is -3.62. The largest absolute Gasteiger partial charge is 0.326 e. The summed E-state index contributed by atoms with van der Waals surface area (Å²) in [6, 6.07) is 12.8. The summed E-state index contributed by atoms with van der Waals surface area (Å²) in [5, 5.41) is 13.8. The summed E-state index contributed by atoms with van der Waals surface area (Å²) < 4.78 is 14.9. The van der Waals surface area contributed by atoms with Crippen LogP contribution in [0, 0.1) is 11.7 Å². The number of aromatic nitrogens is 4. The van der Waals surface area contributed by atoms with E-state index in [0.29, 0.717) is 17.1 Å². The molecule has 1 saturated heterocycles. The van der Waals surface area contributed by atoms with Crippen molar-refractivity contribution in [1.29, 1.82) is 0 Å². The van der Waals surface area contributed by atoms with Crippen LogP contribution in [-0.4, -0.2) is 38.6 Å². The van der Waals surface area contributed by atoms with Gasteiger partial charge in [0.2, 0.25) is 11.8 Å². The highest BCUT2D eigenvalue weighted by atomic mass is 19.1. The predicted molar refractivity (Wildman–Crippen MR) is 94.6 cm³/mol. The first-order chi connectivity index (χ1) is 13.1. The highest BCUT2D eigenvalue weighted by Gasteiger charge is 2.35. The van der Waals surface area contributed by atoms with Crippen LogP contribution in [0.15, 0.2) is 54.9 Å². The summed E-state index contributed by atoms with van der Waals surface area (Å²) in [5.41, 5.74) is 1.72. The van der Waals surface area contributed by atoms with Crippen LogP contribution in [0.25, 0.3) is 5.69 Å². The first-order valence-electron chi connectivity index (χ1n) is 8.30. The normalized spacial score (nSPS) is 16.6. The molecule has 1 atom stereocenters. The number of halogens is 1. The molecule has 2 heterocycles. The minimum Gasteiger partial charge on any atom is -0.326 e. The minimum absolute atomic E-state index is 0.0784. The van der Waals surface area contributed by atoms with Crippen molar-refractivity contribution in [2.75, 3.05) is 16.8 Å². The zero-order valence-electron chi connectivity index (χ0n) is 14.1. The maximum Gasteiger partial charge on any atom is 0.229 e. The van der Waals surface area contributed by atoms with Crippen LogP contribution in [0.4, 0.5) is 15.8 Å². The van der Waals surface area contributed by atoms with Crippen molar-refractivity contribution in [2.45, 2.75) is 6.42 Å². The lowest BCUT2D eigenvalue weighted by Gasteiger charge is -2.16. The molecule has 1 N–H and O–H groups in total. The van der Waals surface area contributed by atoms with Crippen LogP contribution in [0.1, 0.15) is 6.42 Å². The van der Waals surface area contributed by atoms with Gasteiger partial charge in [-0.05, 0) is 46.8 Å². The van der Waals surface area contributed by atoms with Gasteiger partial charge in [0.05, 0.1) is 11.6 Å². The van der Waals surface area contributed by atoms with Crippen LogP contribution in [0.2, 0.25) is 0 Å². The topological polar surface area (TPSA) is 93.0 Å². The standard InChI is InChI=1S/C18H15FN6O2/c19-13-3-1-5-15(8-13)24-10-12(7-17(24)26)18(27)21-14-4-2-6-16(9-14)25-11-20-22-23-25/h1-6,8-9,11-12H,7,10H2,(H,21,27). The molecule has 1 fully saturated rings. The highest BCUT2D eigenvalue weighted by Crippen LogP contribution is 2.26. The average molecular weight is 366 g/mol. The van der Waals surface area contributed by atoms with Crippen molar-refractivity contribution in [3.63, 3.8) is 0 Å². The SMILES string of the molecule is O=C(Nc1cccc(-n2cnnn2)c1)C1CC(=O)N(c2cccc(F)c2)C1. The number of anilines is 2. The second-order valence-electron chi connectivity index (χ2n) is 6.18. The van der Waals surface area contributed by atoms with E-state index in [1.54, 1.807) is 30.3 Å². The summed E-state index contributed by atoms with van der Waals surface area (Å²) in [4.78, 5) is 26.3. The molecule has 1 unspecified atom stereocenters. The Bertz CT molecular complexity index is 991. The van der Waals surface area contributed by atoms with E-state index in [4.69, 9.17) is 0 Å². The molecule has 9 heteroatoms. The second kappa shape index (κ2) is 6.94. The van der Waals surface area contributed by atoms with E-state index in [-0.39, 0.29) is 24.8 Å². The summed E-state index contributed by atoms with van der Waals surface area (Å²) in [6.07, 6.45) is 1.53. The lowest BCUT2D eigenvalue weighted by atomic mass is 10.1. The lowest BCUT2D eigenvalue weighted by molar-refractivity contribution is -0.122. The third-order valence-electron chi connectivity index (χ3n) is 4.34. The molecule has 0 spiro atoms. The molecule has 136 valence electrons. The summed E-state index contributed by atoms with van der Waals surface area (Å²) >= 11 is 0. The molecule has 1 aliphatic heterocycles. The molecule has 4 rings (SSSR count). The van der Waals surface area contributed by atoms with Gasteiger partial charge < -0.3 is 10.2 Å². The number of carbonyl (C=O) groups excluding carboxylic acids is 2. The number of nitrogens with one attached hydrogen (secondary N) is 1. The summed E-state index contributed by atoms with van der Waals surface area (Å²) in [7, 11) is 0. The summed E-state index contributed by atoms with van der Waals surface area (Å²) in [5.74, 6) is -1.41. The fourth-order valence-electron chi connectivity index (χ4n) is 3.03. The van der Waals surface area contributed by atoms with E-state index >= 15 is 0 Å². The first kappa shape index (κ1) is 16.8. The second-order valence-corrected chi connectivity index (χ2v) is 6.18. The van der Waals surface area contributed by atoms with Crippen molar-refractivity contribution < 1.29 is 14.0 Å². The number of nitrogens with zero attached hydrogens (tertiary/aromatic N) is 5. The van der Waals surface area contributed by atoms with Crippen molar-refractivity contribution in [3.05, 3.63) is 60.7 Å². The van der Waals surface area contributed by atoms with Crippen LogP contribution in [-0.2, 0) is 9.59 Å². The molecule has 3 aromatic rings. The highest BCUT2D eigenvalue weighted by molar-refractivity contribution is 6.03.